The van der Waals surface area contributed by atoms with Crippen molar-refractivity contribution in [1.82, 2.24) is 20.0 Å². The Morgan fingerprint density at radius 2 is 2.00 bits per heavy atom. The molecule has 1 amide bonds. The van der Waals surface area contributed by atoms with Gasteiger partial charge in [-0.3, -0.25) is 14.4 Å². The minimum absolute atomic E-state index is 0.0106. The van der Waals surface area contributed by atoms with E-state index in [1.54, 1.807) is 0 Å². The Morgan fingerprint density at radius 3 is 2.64 bits per heavy atom. The fourth-order valence-electron chi connectivity index (χ4n) is 3.06. The molecule has 2 rings (SSSR count). The van der Waals surface area contributed by atoms with E-state index in [0.717, 1.165) is 38.9 Å². The summed E-state index contributed by atoms with van der Waals surface area (Å²) in [5, 5.41) is 7.26. The van der Waals surface area contributed by atoms with Crippen molar-refractivity contribution in [3.05, 3.63) is 18.0 Å². The minimum Gasteiger partial charge on any atom is -0.355 e. The molecule has 22 heavy (non-hydrogen) atoms. The third-order valence-electron chi connectivity index (χ3n) is 4.52. The Morgan fingerprint density at radius 1 is 1.27 bits per heavy atom. The number of unbranched alkanes of at least 4 members (excludes halogenated alkanes) is 1. The molecule has 1 aliphatic rings. The number of aryl methyl sites for hydroxylation is 2. The van der Waals surface area contributed by atoms with Gasteiger partial charge in [-0.1, -0.05) is 12.8 Å². The Balaban J connectivity index is 1.60. The van der Waals surface area contributed by atoms with E-state index in [0.29, 0.717) is 0 Å². The van der Waals surface area contributed by atoms with E-state index < -0.39 is 0 Å². The summed E-state index contributed by atoms with van der Waals surface area (Å²) in [6, 6.07) is 0.0106. The van der Waals surface area contributed by atoms with Gasteiger partial charge in [-0.25, -0.2) is 0 Å². The summed E-state index contributed by atoms with van der Waals surface area (Å²) in [5.41, 5.74) is 1.27. The van der Waals surface area contributed by atoms with Gasteiger partial charge in [-0.05, 0) is 57.7 Å². The van der Waals surface area contributed by atoms with Gasteiger partial charge in [0, 0.05) is 19.8 Å². The van der Waals surface area contributed by atoms with E-state index in [-0.39, 0.29) is 11.9 Å². The lowest BCUT2D eigenvalue weighted by atomic mass is 10.1. The highest BCUT2D eigenvalue weighted by molar-refractivity contribution is 5.81. The van der Waals surface area contributed by atoms with Crippen LogP contribution in [0.5, 0.6) is 0 Å². The van der Waals surface area contributed by atoms with Gasteiger partial charge in [0.2, 0.25) is 5.91 Å². The fraction of sp³-hybridized carbons (Fsp3) is 0.765. The maximum absolute atomic E-state index is 12.2. The van der Waals surface area contributed by atoms with Crippen molar-refractivity contribution in [1.29, 1.82) is 0 Å². The smallest absolute Gasteiger partial charge is 0.237 e. The summed E-state index contributed by atoms with van der Waals surface area (Å²) in [5.74, 6) is 0.184. The van der Waals surface area contributed by atoms with Crippen LogP contribution in [0.1, 0.15) is 51.0 Å². The highest BCUT2D eigenvalue weighted by Gasteiger charge is 2.21. The van der Waals surface area contributed by atoms with Crippen LogP contribution in [0.2, 0.25) is 0 Å². The van der Waals surface area contributed by atoms with Crippen LogP contribution in [0.3, 0.4) is 0 Å². The van der Waals surface area contributed by atoms with Crippen LogP contribution in [0, 0.1) is 0 Å². The SMILES string of the molecule is CC(C(=O)NCCCCc1cnn(C)c1)N1CCCCCC1. The number of nitrogens with zero attached hydrogens (tertiary/aromatic N) is 3. The number of aromatic nitrogens is 2. The van der Waals surface area contributed by atoms with Crippen LogP contribution < -0.4 is 5.32 Å². The van der Waals surface area contributed by atoms with Crippen molar-refractivity contribution >= 4 is 5.91 Å². The fourth-order valence-corrected chi connectivity index (χ4v) is 3.06. The molecule has 1 aliphatic heterocycles. The van der Waals surface area contributed by atoms with Crippen molar-refractivity contribution in [2.24, 2.45) is 7.05 Å². The van der Waals surface area contributed by atoms with Gasteiger partial charge >= 0.3 is 0 Å². The Kier molecular flexibility index (Phi) is 6.90. The molecule has 0 radical (unpaired) electrons. The molecular formula is C17H30N4O. The Bertz CT molecular complexity index is 449. The molecule has 5 nitrogen and oxygen atoms in total. The second-order valence-corrected chi connectivity index (χ2v) is 6.40. The van der Waals surface area contributed by atoms with Crippen LogP contribution in [-0.2, 0) is 18.3 Å². The molecule has 1 saturated heterocycles. The molecule has 124 valence electrons. The second kappa shape index (κ2) is 8.93. The number of likely N-dealkylation sites (tertiary alicyclic amines) is 1. The maximum atomic E-state index is 12.2. The zero-order valence-electron chi connectivity index (χ0n) is 14.1. The van der Waals surface area contributed by atoms with E-state index >= 15 is 0 Å². The summed E-state index contributed by atoms with van der Waals surface area (Å²) < 4.78 is 1.83. The van der Waals surface area contributed by atoms with Crippen molar-refractivity contribution in [3.63, 3.8) is 0 Å². The highest BCUT2D eigenvalue weighted by Crippen LogP contribution is 2.12. The topological polar surface area (TPSA) is 50.2 Å². The normalized spacial score (nSPS) is 17.9. The summed E-state index contributed by atoms with van der Waals surface area (Å²) in [4.78, 5) is 14.6. The van der Waals surface area contributed by atoms with Crippen LogP contribution in [0.15, 0.2) is 12.4 Å². The number of nitrogens with one attached hydrogen (secondary N) is 1. The number of rotatable bonds is 7. The first kappa shape index (κ1) is 17.0. The number of hydrogen-bond donors (Lipinski definition) is 1. The summed E-state index contributed by atoms with van der Waals surface area (Å²) in [6.07, 6.45) is 12.2. The monoisotopic (exact) mass is 306 g/mol. The third-order valence-corrected chi connectivity index (χ3v) is 4.52. The Hall–Kier alpha value is -1.36. The molecule has 0 bridgehead atoms. The van der Waals surface area contributed by atoms with E-state index in [1.165, 1.54) is 31.2 Å². The first-order valence-corrected chi connectivity index (χ1v) is 8.66. The van der Waals surface area contributed by atoms with Gasteiger partial charge in [-0.2, -0.15) is 5.10 Å². The van der Waals surface area contributed by atoms with Gasteiger partial charge in [0.1, 0.15) is 0 Å². The number of amides is 1. The lowest BCUT2D eigenvalue weighted by Crippen LogP contribution is -2.45. The standard InChI is InChI=1S/C17H30N4O/c1-15(21-11-7-3-4-8-12-21)17(22)18-10-6-5-9-16-13-19-20(2)14-16/h13-15H,3-12H2,1-2H3,(H,18,22). The van der Waals surface area contributed by atoms with Crippen LogP contribution in [0.4, 0.5) is 0 Å². The molecule has 0 spiro atoms. The molecule has 2 heterocycles. The van der Waals surface area contributed by atoms with Crippen molar-refractivity contribution < 1.29 is 4.79 Å². The predicted molar refractivity (Wildman–Crippen MR) is 88.7 cm³/mol. The van der Waals surface area contributed by atoms with E-state index in [2.05, 4.69) is 21.5 Å². The van der Waals surface area contributed by atoms with Gasteiger partial charge in [0.05, 0.1) is 12.2 Å². The Labute approximate surface area is 134 Å². The van der Waals surface area contributed by atoms with Crippen LogP contribution in [-0.4, -0.2) is 46.3 Å². The molecule has 1 atom stereocenters. The van der Waals surface area contributed by atoms with E-state index in [4.69, 9.17) is 0 Å². The lowest BCUT2D eigenvalue weighted by Gasteiger charge is -2.26. The quantitative estimate of drug-likeness (QED) is 0.785. The molecule has 1 aromatic rings. The number of hydrogen-bond acceptors (Lipinski definition) is 3. The van der Waals surface area contributed by atoms with E-state index in [9.17, 15) is 4.79 Å². The molecule has 5 heteroatoms. The summed E-state index contributed by atoms with van der Waals surface area (Å²) >= 11 is 0. The average molecular weight is 306 g/mol. The zero-order chi connectivity index (χ0) is 15.8. The predicted octanol–water partition coefficient (Wildman–Crippen LogP) is 2.12. The second-order valence-electron chi connectivity index (χ2n) is 6.40. The minimum atomic E-state index is 0.0106. The third kappa shape index (κ3) is 5.44. The van der Waals surface area contributed by atoms with Crippen LogP contribution >= 0.6 is 0 Å². The molecule has 0 aromatic carbocycles. The van der Waals surface area contributed by atoms with Gasteiger partial charge in [0.25, 0.3) is 0 Å². The average Bonchev–Trinajstić information content (AvgIpc) is 2.77. The van der Waals surface area contributed by atoms with Crippen molar-refractivity contribution in [2.75, 3.05) is 19.6 Å². The van der Waals surface area contributed by atoms with E-state index in [1.807, 2.05) is 24.9 Å². The van der Waals surface area contributed by atoms with Crippen molar-refractivity contribution in [3.8, 4) is 0 Å². The number of carbonyl (C=O) groups excluding carboxylic acids is 1. The van der Waals surface area contributed by atoms with Gasteiger partial charge < -0.3 is 5.32 Å². The number of carbonyl (C=O) groups is 1. The van der Waals surface area contributed by atoms with Gasteiger partial charge in [-0.15, -0.1) is 0 Å². The zero-order valence-corrected chi connectivity index (χ0v) is 14.1. The molecule has 1 unspecified atom stereocenters. The summed E-state index contributed by atoms with van der Waals surface area (Å²) in [7, 11) is 1.94. The molecule has 1 fully saturated rings. The first-order chi connectivity index (χ1) is 10.7. The van der Waals surface area contributed by atoms with Crippen LogP contribution in [0.25, 0.3) is 0 Å². The molecule has 1 N–H and O–H groups in total. The molecule has 0 saturated carbocycles. The maximum Gasteiger partial charge on any atom is 0.237 e. The first-order valence-electron chi connectivity index (χ1n) is 8.66. The molecule has 1 aromatic heterocycles. The molecule has 0 aliphatic carbocycles. The largest absolute Gasteiger partial charge is 0.355 e. The highest BCUT2D eigenvalue weighted by atomic mass is 16.2. The van der Waals surface area contributed by atoms with Gasteiger partial charge in [0.15, 0.2) is 0 Å². The van der Waals surface area contributed by atoms with Crippen molar-refractivity contribution in [2.45, 2.75) is 57.9 Å². The molecular weight excluding hydrogens is 276 g/mol. The lowest BCUT2D eigenvalue weighted by molar-refractivity contribution is -0.125. The summed E-state index contributed by atoms with van der Waals surface area (Å²) in [6.45, 7) is 4.94.